The first-order chi connectivity index (χ1) is 13.1. The van der Waals surface area contributed by atoms with Gasteiger partial charge in [-0.3, -0.25) is 4.79 Å². The number of ether oxygens (including phenoxy) is 2. The summed E-state index contributed by atoms with van der Waals surface area (Å²) in [6, 6.07) is 13.7. The number of carbonyl (C=O) groups excluding carboxylic acids is 1. The highest BCUT2D eigenvalue weighted by molar-refractivity contribution is 8.00. The molecule has 2 aromatic carbocycles. The number of hydrogen-bond donors (Lipinski definition) is 1. The highest BCUT2D eigenvalue weighted by Crippen LogP contribution is 2.34. The molecule has 0 atom stereocenters. The standard InChI is InChI=1S/C20H20N2O3S2/c1-13-4-7-15(8-5-13)26-12-19(23)22-20-21-17(11-27-20)16-9-6-14(24-2)10-18(16)25-3/h4-11H,12H2,1-3H3,(H,21,22,23). The zero-order chi connectivity index (χ0) is 19.2. The minimum absolute atomic E-state index is 0.0804. The van der Waals surface area contributed by atoms with Crippen molar-refractivity contribution in [3.8, 4) is 22.8 Å². The molecule has 3 aromatic rings. The van der Waals surface area contributed by atoms with Gasteiger partial charge in [0.1, 0.15) is 11.5 Å². The number of amides is 1. The van der Waals surface area contributed by atoms with Gasteiger partial charge in [0.25, 0.3) is 0 Å². The van der Waals surface area contributed by atoms with Gasteiger partial charge in [-0.15, -0.1) is 23.1 Å². The van der Waals surface area contributed by atoms with Crippen LogP contribution in [0.1, 0.15) is 5.56 Å². The van der Waals surface area contributed by atoms with Crippen LogP contribution >= 0.6 is 23.1 Å². The summed E-state index contributed by atoms with van der Waals surface area (Å²) < 4.78 is 10.6. The van der Waals surface area contributed by atoms with Crippen LogP contribution in [0.2, 0.25) is 0 Å². The van der Waals surface area contributed by atoms with E-state index < -0.39 is 0 Å². The van der Waals surface area contributed by atoms with Crippen LogP contribution in [-0.4, -0.2) is 30.9 Å². The van der Waals surface area contributed by atoms with Crippen molar-refractivity contribution in [3.63, 3.8) is 0 Å². The Kier molecular flexibility index (Phi) is 6.36. The lowest BCUT2D eigenvalue weighted by Crippen LogP contribution is -2.13. The molecule has 0 unspecified atom stereocenters. The van der Waals surface area contributed by atoms with E-state index in [0.29, 0.717) is 22.4 Å². The Labute approximate surface area is 166 Å². The van der Waals surface area contributed by atoms with Crippen LogP contribution in [0.15, 0.2) is 52.7 Å². The second-order valence-electron chi connectivity index (χ2n) is 5.75. The summed E-state index contributed by atoms with van der Waals surface area (Å²) in [5.74, 6) is 1.65. The second-order valence-corrected chi connectivity index (χ2v) is 7.66. The minimum Gasteiger partial charge on any atom is -0.497 e. The Morgan fingerprint density at radius 1 is 1.15 bits per heavy atom. The van der Waals surface area contributed by atoms with Crippen molar-refractivity contribution < 1.29 is 14.3 Å². The number of carbonyl (C=O) groups is 1. The van der Waals surface area contributed by atoms with Crippen molar-refractivity contribution >= 4 is 34.1 Å². The molecule has 3 rings (SSSR count). The van der Waals surface area contributed by atoms with E-state index in [2.05, 4.69) is 10.3 Å². The Bertz CT molecular complexity index is 923. The van der Waals surface area contributed by atoms with Crippen molar-refractivity contribution in [2.24, 2.45) is 0 Å². The van der Waals surface area contributed by atoms with Gasteiger partial charge in [-0.25, -0.2) is 4.98 Å². The first-order valence-electron chi connectivity index (χ1n) is 8.26. The molecule has 0 aliphatic heterocycles. The fourth-order valence-corrected chi connectivity index (χ4v) is 3.83. The van der Waals surface area contributed by atoms with Gasteiger partial charge in [-0.2, -0.15) is 0 Å². The molecule has 0 bridgehead atoms. The summed E-state index contributed by atoms with van der Waals surface area (Å²) in [4.78, 5) is 17.8. The van der Waals surface area contributed by atoms with Crippen molar-refractivity contribution in [3.05, 3.63) is 53.4 Å². The summed E-state index contributed by atoms with van der Waals surface area (Å²) in [6.07, 6.45) is 0. The van der Waals surface area contributed by atoms with E-state index in [1.165, 1.54) is 28.7 Å². The highest BCUT2D eigenvalue weighted by atomic mass is 32.2. The predicted octanol–water partition coefficient (Wildman–Crippen LogP) is 4.87. The van der Waals surface area contributed by atoms with Crippen LogP contribution in [0.4, 0.5) is 5.13 Å². The van der Waals surface area contributed by atoms with Crippen molar-refractivity contribution in [2.45, 2.75) is 11.8 Å². The van der Waals surface area contributed by atoms with Crippen LogP contribution in [0.3, 0.4) is 0 Å². The lowest BCUT2D eigenvalue weighted by Gasteiger charge is -2.08. The third-order valence-corrected chi connectivity index (χ3v) is 5.60. The molecule has 7 heteroatoms. The second kappa shape index (κ2) is 8.92. The van der Waals surface area contributed by atoms with E-state index in [1.807, 2.05) is 54.8 Å². The molecular formula is C20H20N2O3S2. The minimum atomic E-state index is -0.0804. The topological polar surface area (TPSA) is 60.5 Å². The summed E-state index contributed by atoms with van der Waals surface area (Å²) in [5.41, 5.74) is 2.80. The van der Waals surface area contributed by atoms with E-state index >= 15 is 0 Å². The Balaban J connectivity index is 1.63. The maximum Gasteiger partial charge on any atom is 0.236 e. The van der Waals surface area contributed by atoms with Gasteiger partial charge >= 0.3 is 0 Å². The zero-order valence-electron chi connectivity index (χ0n) is 15.3. The molecular weight excluding hydrogens is 380 g/mol. The molecule has 140 valence electrons. The van der Waals surface area contributed by atoms with Gasteiger partial charge < -0.3 is 14.8 Å². The van der Waals surface area contributed by atoms with Gasteiger partial charge in [0.05, 0.1) is 25.7 Å². The maximum atomic E-state index is 12.2. The molecule has 0 aliphatic rings. The average molecular weight is 401 g/mol. The van der Waals surface area contributed by atoms with Crippen LogP contribution in [0.5, 0.6) is 11.5 Å². The number of hydrogen-bond acceptors (Lipinski definition) is 6. The SMILES string of the molecule is COc1ccc(-c2csc(NC(=O)CSc3ccc(C)cc3)n2)c(OC)c1. The fraction of sp³-hybridized carbons (Fsp3) is 0.200. The molecule has 0 saturated carbocycles. The quantitative estimate of drug-likeness (QED) is 0.574. The van der Waals surface area contributed by atoms with Crippen LogP contribution in [0.25, 0.3) is 11.3 Å². The number of nitrogens with zero attached hydrogens (tertiary/aromatic N) is 1. The number of aryl methyl sites for hydroxylation is 1. The van der Waals surface area contributed by atoms with Gasteiger partial charge in [0.2, 0.25) is 5.91 Å². The number of aromatic nitrogens is 1. The summed E-state index contributed by atoms with van der Waals surface area (Å²) in [6.45, 7) is 2.04. The number of benzene rings is 2. The number of nitrogens with one attached hydrogen (secondary N) is 1. The van der Waals surface area contributed by atoms with Gasteiger partial charge in [0.15, 0.2) is 5.13 Å². The zero-order valence-corrected chi connectivity index (χ0v) is 16.9. The van der Waals surface area contributed by atoms with E-state index in [1.54, 1.807) is 14.2 Å². The Hall–Kier alpha value is -2.51. The maximum absolute atomic E-state index is 12.2. The van der Waals surface area contributed by atoms with Crippen LogP contribution in [-0.2, 0) is 4.79 Å². The summed E-state index contributed by atoms with van der Waals surface area (Å²) >= 11 is 2.89. The number of methoxy groups -OCH3 is 2. The Morgan fingerprint density at radius 3 is 2.63 bits per heavy atom. The van der Waals surface area contributed by atoms with E-state index in [0.717, 1.165) is 16.2 Å². The third-order valence-electron chi connectivity index (χ3n) is 3.83. The summed E-state index contributed by atoms with van der Waals surface area (Å²) in [5, 5.41) is 5.32. The van der Waals surface area contributed by atoms with E-state index in [-0.39, 0.29) is 5.91 Å². The molecule has 0 aliphatic carbocycles. The molecule has 1 heterocycles. The smallest absolute Gasteiger partial charge is 0.236 e. The Morgan fingerprint density at radius 2 is 1.93 bits per heavy atom. The molecule has 5 nitrogen and oxygen atoms in total. The van der Waals surface area contributed by atoms with E-state index in [4.69, 9.17) is 9.47 Å². The average Bonchev–Trinajstić information content (AvgIpc) is 3.15. The monoisotopic (exact) mass is 400 g/mol. The van der Waals surface area contributed by atoms with E-state index in [9.17, 15) is 4.79 Å². The molecule has 0 spiro atoms. The number of thiazole rings is 1. The third kappa shape index (κ3) is 5.02. The molecule has 0 radical (unpaired) electrons. The fourth-order valence-electron chi connectivity index (χ4n) is 2.40. The first-order valence-corrected chi connectivity index (χ1v) is 10.1. The number of rotatable bonds is 7. The normalized spacial score (nSPS) is 10.5. The molecule has 1 aromatic heterocycles. The van der Waals surface area contributed by atoms with Crippen LogP contribution < -0.4 is 14.8 Å². The molecule has 27 heavy (non-hydrogen) atoms. The molecule has 0 saturated heterocycles. The first kappa shape index (κ1) is 19.3. The van der Waals surface area contributed by atoms with Crippen LogP contribution in [0, 0.1) is 6.92 Å². The molecule has 1 N–H and O–H groups in total. The van der Waals surface area contributed by atoms with Gasteiger partial charge in [-0.05, 0) is 31.2 Å². The lowest BCUT2D eigenvalue weighted by molar-refractivity contribution is -0.113. The lowest BCUT2D eigenvalue weighted by atomic mass is 10.1. The molecule has 0 fully saturated rings. The van der Waals surface area contributed by atoms with Gasteiger partial charge in [0, 0.05) is 21.9 Å². The molecule has 1 amide bonds. The largest absolute Gasteiger partial charge is 0.497 e. The van der Waals surface area contributed by atoms with Gasteiger partial charge in [-0.1, -0.05) is 17.7 Å². The van der Waals surface area contributed by atoms with Crippen molar-refractivity contribution in [1.29, 1.82) is 0 Å². The van der Waals surface area contributed by atoms with Crippen molar-refractivity contribution in [1.82, 2.24) is 4.98 Å². The summed E-state index contributed by atoms with van der Waals surface area (Å²) in [7, 11) is 3.22. The number of thioether (sulfide) groups is 1. The highest BCUT2D eigenvalue weighted by Gasteiger charge is 2.13. The predicted molar refractivity (Wildman–Crippen MR) is 111 cm³/mol. The van der Waals surface area contributed by atoms with Crippen molar-refractivity contribution in [2.75, 3.05) is 25.3 Å². The number of anilines is 1.